The number of aromatic hydroxyl groups is 2. The van der Waals surface area contributed by atoms with Gasteiger partial charge in [0.25, 0.3) is 11.1 Å². The Morgan fingerprint density at radius 1 is 0.867 bits per heavy atom. The van der Waals surface area contributed by atoms with E-state index in [0.717, 1.165) is 23.5 Å². The SMILES string of the molecule is CSc1nc(O)c(C(c2ccc(F)cc2)c2c(O)nc(SC)n(C)c2=O)c(=O)n1C. The molecule has 3 aromatic rings. The first-order valence-corrected chi connectivity index (χ1v) is 11.1. The fourth-order valence-electron chi connectivity index (χ4n) is 3.18. The lowest BCUT2D eigenvalue weighted by Gasteiger charge is -2.21. The average molecular weight is 451 g/mol. The zero-order valence-electron chi connectivity index (χ0n) is 16.6. The van der Waals surface area contributed by atoms with Gasteiger partial charge in [-0.1, -0.05) is 35.7 Å². The van der Waals surface area contributed by atoms with Crippen LogP contribution < -0.4 is 11.1 Å². The molecular formula is C19H19FN4O4S2. The molecule has 0 amide bonds. The summed E-state index contributed by atoms with van der Waals surface area (Å²) < 4.78 is 16.0. The van der Waals surface area contributed by atoms with E-state index in [4.69, 9.17) is 0 Å². The van der Waals surface area contributed by atoms with E-state index in [0.29, 0.717) is 5.56 Å². The molecule has 11 heteroatoms. The van der Waals surface area contributed by atoms with Crippen molar-refractivity contribution < 1.29 is 14.6 Å². The van der Waals surface area contributed by atoms with Crippen LogP contribution in [0.3, 0.4) is 0 Å². The zero-order valence-corrected chi connectivity index (χ0v) is 18.2. The van der Waals surface area contributed by atoms with Crippen molar-refractivity contribution in [2.75, 3.05) is 12.5 Å². The van der Waals surface area contributed by atoms with Crippen molar-refractivity contribution >= 4 is 23.5 Å². The van der Waals surface area contributed by atoms with E-state index in [9.17, 15) is 24.2 Å². The van der Waals surface area contributed by atoms with Crippen LogP contribution in [-0.2, 0) is 14.1 Å². The third-order valence-electron chi connectivity index (χ3n) is 4.67. The maximum Gasteiger partial charge on any atom is 0.261 e. The summed E-state index contributed by atoms with van der Waals surface area (Å²) in [6.45, 7) is 0. The highest BCUT2D eigenvalue weighted by Gasteiger charge is 2.32. The summed E-state index contributed by atoms with van der Waals surface area (Å²) in [6, 6.07) is 5.09. The average Bonchev–Trinajstić information content (AvgIpc) is 2.72. The predicted octanol–water partition coefficient (Wildman–Crippen LogP) is 2.05. The molecule has 0 fully saturated rings. The van der Waals surface area contributed by atoms with E-state index in [1.807, 2.05) is 0 Å². The molecule has 0 saturated carbocycles. The van der Waals surface area contributed by atoms with Gasteiger partial charge >= 0.3 is 0 Å². The van der Waals surface area contributed by atoms with Crippen molar-refractivity contribution in [3.05, 3.63) is 67.5 Å². The molecule has 0 aliphatic rings. The second kappa shape index (κ2) is 8.52. The van der Waals surface area contributed by atoms with Gasteiger partial charge in [-0.2, -0.15) is 9.97 Å². The number of halogens is 1. The van der Waals surface area contributed by atoms with Gasteiger partial charge in [0.2, 0.25) is 11.8 Å². The van der Waals surface area contributed by atoms with Gasteiger partial charge in [-0.05, 0) is 30.2 Å². The fourth-order valence-corrected chi connectivity index (χ4v) is 4.25. The molecule has 0 radical (unpaired) electrons. The Bertz CT molecular complexity index is 1150. The molecule has 8 nitrogen and oxygen atoms in total. The second-order valence-electron chi connectivity index (χ2n) is 6.38. The smallest absolute Gasteiger partial charge is 0.261 e. The summed E-state index contributed by atoms with van der Waals surface area (Å²) >= 11 is 2.33. The molecule has 0 aliphatic heterocycles. The first kappa shape index (κ1) is 21.9. The molecule has 0 aliphatic carbocycles. The molecule has 1 aromatic carbocycles. The summed E-state index contributed by atoms with van der Waals surface area (Å²) in [5.74, 6) is -2.88. The minimum absolute atomic E-state index is 0.215. The Balaban J connectivity index is 2.43. The van der Waals surface area contributed by atoms with E-state index >= 15 is 0 Å². The molecule has 0 bridgehead atoms. The first-order chi connectivity index (χ1) is 14.2. The highest BCUT2D eigenvalue weighted by molar-refractivity contribution is 7.98. The molecule has 2 N–H and O–H groups in total. The van der Waals surface area contributed by atoms with Crippen LogP contribution in [0.5, 0.6) is 11.8 Å². The van der Waals surface area contributed by atoms with E-state index in [-0.39, 0.29) is 21.4 Å². The number of rotatable bonds is 5. The van der Waals surface area contributed by atoms with E-state index < -0.39 is 34.6 Å². The molecule has 2 heterocycles. The zero-order chi connectivity index (χ0) is 22.2. The van der Waals surface area contributed by atoms with Crippen LogP contribution in [-0.4, -0.2) is 41.8 Å². The van der Waals surface area contributed by atoms with Crippen LogP contribution in [0.4, 0.5) is 4.39 Å². The van der Waals surface area contributed by atoms with E-state index in [1.165, 1.54) is 47.5 Å². The fraction of sp³-hybridized carbons (Fsp3) is 0.263. The minimum Gasteiger partial charge on any atom is -0.493 e. The molecule has 30 heavy (non-hydrogen) atoms. The monoisotopic (exact) mass is 450 g/mol. The Kier molecular flexibility index (Phi) is 6.22. The Hall–Kier alpha value is -2.79. The van der Waals surface area contributed by atoms with Crippen molar-refractivity contribution in [3.63, 3.8) is 0 Å². The summed E-state index contributed by atoms with van der Waals surface area (Å²) in [5, 5.41) is 21.7. The van der Waals surface area contributed by atoms with E-state index in [2.05, 4.69) is 9.97 Å². The van der Waals surface area contributed by atoms with Crippen molar-refractivity contribution in [1.29, 1.82) is 0 Å². The van der Waals surface area contributed by atoms with Crippen molar-refractivity contribution in [3.8, 4) is 11.8 Å². The molecular weight excluding hydrogens is 431 g/mol. The highest BCUT2D eigenvalue weighted by Crippen LogP contribution is 2.36. The van der Waals surface area contributed by atoms with Crippen molar-refractivity contribution in [1.82, 2.24) is 19.1 Å². The summed E-state index contributed by atoms with van der Waals surface area (Å²) in [6.07, 6.45) is 3.40. The maximum absolute atomic E-state index is 13.5. The van der Waals surface area contributed by atoms with Crippen molar-refractivity contribution in [2.45, 2.75) is 16.2 Å². The number of benzene rings is 1. The lowest BCUT2D eigenvalue weighted by atomic mass is 9.87. The molecule has 158 valence electrons. The van der Waals surface area contributed by atoms with E-state index in [1.54, 1.807) is 12.5 Å². The second-order valence-corrected chi connectivity index (χ2v) is 7.93. The first-order valence-electron chi connectivity index (χ1n) is 8.64. The third-order valence-corrected chi connectivity index (χ3v) is 6.14. The van der Waals surface area contributed by atoms with Gasteiger partial charge in [0, 0.05) is 14.1 Å². The number of hydrogen-bond donors (Lipinski definition) is 2. The van der Waals surface area contributed by atoms with Crippen LogP contribution in [0, 0.1) is 5.82 Å². The van der Waals surface area contributed by atoms with Crippen LogP contribution in [0.25, 0.3) is 0 Å². The minimum atomic E-state index is -1.21. The lowest BCUT2D eigenvalue weighted by molar-refractivity contribution is 0.416. The number of aromatic nitrogens is 4. The molecule has 0 spiro atoms. The Morgan fingerprint density at radius 3 is 1.63 bits per heavy atom. The van der Waals surface area contributed by atoms with Crippen LogP contribution in [0.1, 0.15) is 22.6 Å². The third kappa shape index (κ3) is 3.70. The van der Waals surface area contributed by atoms with Gasteiger partial charge < -0.3 is 10.2 Å². The summed E-state index contributed by atoms with van der Waals surface area (Å²) in [5.41, 5.74) is -1.32. The lowest BCUT2D eigenvalue weighted by Crippen LogP contribution is -2.31. The molecule has 0 saturated heterocycles. The molecule has 0 unspecified atom stereocenters. The highest BCUT2D eigenvalue weighted by atomic mass is 32.2. The van der Waals surface area contributed by atoms with Crippen LogP contribution in [0.15, 0.2) is 44.2 Å². The normalized spacial score (nSPS) is 11.3. The number of hydrogen-bond acceptors (Lipinski definition) is 8. The summed E-state index contributed by atoms with van der Waals surface area (Å²) in [4.78, 5) is 34.3. The summed E-state index contributed by atoms with van der Waals surface area (Å²) in [7, 11) is 2.97. The van der Waals surface area contributed by atoms with Gasteiger partial charge in [0.1, 0.15) is 5.82 Å². The number of thioether (sulfide) groups is 2. The Labute approximate surface area is 179 Å². The molecule has 3 rings (SSSR count). The number of nitrogens with zero attached hydrogens (tertiary/aromatic N) is 4. The van der Waals surface area contributed by atoms with Gasteiger partial charge in [-0.15, -0.1) is 0 Å². The largest absolute Gasteiger partial charge is 0.493 e. The van der Waals surface area contributed by atoms with Gasteiger partial charge in [-0.25, -0.2) is 4.39 Å². The standard InChI is InChI=1S/C19H19FN4O4S2/c1-23-16(27)12(14(25)21-18(23)29-3)11(9-5-7-10(20)8-6-9)13-15(26)22-19(30-4)24(2)17(13)28/h5-8,11,25-26H,1-4H3. The quantitative estimate of drug-likeness (QED) is 0.449. The molecule has 0 atom stereocenters. The van der Waals surface area contributed by atoms with Gasteiger partial charge in [0.05, 0.1) is 17.0 Å². The van der Waals surface area contributed by atoms with Gasteiger partial charge in [0.15, 0.2) is 10.3 Å². The molecule has 2 aromatic heterocycles. The maximum atomic E-state index is 13.5. The predicted molar refractivity (Wildman–Crippen MR) is 113 cm³/mol. The van der Waals surface area contributed by atoms with Crippen LogP contribution >= 0.6 is 23.5 Å². The van der Waals surface area contributed by atoms with Crippen LogP contribution in [0.2, 0.25) is 0 Å². The topological polar surface area (TPSA) is 110 Å². The van der Waals surface area contributed by atoms with Crippen molar-refractivity contribution in [2.24, 2.45) is 14.1 Å². The Morgan fingerprint density at radius 2 is 1.27 bits per heavy atom. The van der Waals surface area contributed by atoms with Gasteiger partial charge in [-0.3, -0.25) is 18.7 Å².